The average Bonchev–Trinajstić information content (AvgIpc) is 2.84. The molecule has 4 aromatic carbocycles. The lowest BCUT2D eigenvalue weighted by Gasteiger charge is -2.29. The second-order valence-corrected chi connectivity index (χ2v) is 9.33. The molecule has 0 bridgehead atoms. The third-order valence-electron chi connectivity index (χ3n) is 6.28. The Bertz CT molecular complexity index is 1180. The molecule has 32 heavy (non-hydrogen) atoms. The molecule has 0 spiro atoms. The summed E-state index contributed by atoms with van der Waals surface area (Å²) in [6, 6.07) is 33.5. The van der Waals surface area contributed by atoms with Crippen molar-refractivity contribution >= 4 is 15.9 Å². The lowest BCUT2D eigenvalue weighted by Crippen LogP contribution is -2.17. The molecule has 0 saturated carbocycles. The summed E-state index contributed by atoms with van der Waals surface area (Å²) in [7, 11) is 0. The normalized spacial score (nSPS) is 17.6. The molecule has 5 rings (SSSR count). The van der Waals surface area contributed by atoms with Gasteiger partial charge in [-0.15, -0.1) is 0 Å². The van der Waals surface area contributed by atoms with Crippen LogP contribution >= 0.6 is 15.9 Å². The monoisotopic (exact) mass is 484 g/mol. The van der Waals surface area contributed by atoms with Crippen LogP contribution in [-0.4, -0.2) is 5.11 Å². The third kappa shape index (κ3) is 4.64. The van der Waals surface area contributed by atoms with Crippen LogP contribution in [0, 0.1) is 0 Å². The highest BCUT2D eigenvalue weighted by Gasteiger charge is 2.26. The Morgan fingerprint density at radius 2 is 1.44 bits per heavy atom. The standard InChI is InChI=1S/C29H25BrO2/c30-26-13-5-20(6-14-26)19-32-27-15-11-22(12-16-27)21-7-9-23(10-8-21)25-17-24-3-1-2-4-28(24)29(31)18-25/h1-16,25,29,31H,17-19H2. The summed E-state index contributed by atoms with van der Waals surface area (Å²) in [6.45, 7) is 0.553. The zero-order chi connectivity index (χ0) is 21.9. The van der Waals surface area contributed by atoms with Crippen LogP contribution in [0.1, 0.15) is 40.7 Å². The largest absolute Gasteiger partial charge is 0.489 e. The molecule has 2 nitrogen and oxygen atoms in total. The van der Waals surface area contributed by atoms with Crippen LogP contribution in [0.4, 0.5) is 0 Å². The van der Waals surface area contributed by atoms with Crippen LogP contribution in [0.2, 0.25) is 0 Å². The summed E-state index contributed by atoms with van der Waals surface area (Å²) in [5.41, 5.74) is 7.13. The van der Waals surface area contributed by atoms with Crippen LogP contribution in [0.5, 0.6) is 5.75 Å². The molecule has 0 amide bonds. The molecule has 2 unspecified atom stereocenters. The summed E-state index contributed by atoms with van der Waals surface area (Å²) in [6.07, 6.45) is 1.38. The lowest BCUT2D eigenvalue weighted by atomic mass is 9.78. The van der Waals surface area contributed by atoms with Gasteiger partial charge in [-0.1, -0.05) is 88.7 Å². The number of fused-ring (bicyclic) bond motifs is 1. The van der Waals surface area contributed by atoms with Crippen LogP contribution in [0.25, 0.3) is 11.1 Å². The van der Waals surface area contributed by atoms with E-state index in [0.717, 1.165) is 34.2 Å². The van der Waals surface area contributed by atoms with Crippen LogP contribution in [0.15, 0.2) is 102 Å². The number of hydrogen-bond donors (Lipinski definition) is 1. The Kier molecular flexibility index (Phi) is 6.11. The van der Waals surface area contributed by atoms with Crippen molar-refractivity contribution < 1.29 is 9.84 Å². The molecule has 0 radical (unpaired) electrons. The van der Waals surface area contributed by atoms with E-state index in [-0.39, 0.29) is 6.10 Å². The zero-order valence-electron chi connectivity index (χ0n) is 17.7. The van der Waals surface area contributed by atoms with E-state index in [1.54, 1.807) is 0 Å². The Morgan fingerprint density at radius 3 is 2.16 bits per heavy atom. The molecule has 0 aliphatic heterocycles. The van der Waals surface area contributed by atoms with Gasteiger partial charge < -0.3 is 9.84 Å². The summed E-state index contributed by atoms with van der Waals surface area (Å²) in [5, 5.41) is 10.6. The number of aliphatic hydroxyl groups excluding tert-OH is 1. The highest BCUT2D eigenvalue weighted by molar-refractivity contribution is 9.10. The van der Waals surface area contributed by atoms with E-state index in [1.807, 2.05) is 36.4 Å². The van der Waals surface area contributed by atoms with Crippen molar-refractivity contribution in [2.24, 2.45) is 0 Å². The summed E-state index contributed by atoms with van der Waals surface area (Å²) >= 11 is 3.46. The van der Waals surface area contributed by atoms with Crippen LogP contribution in [0.3, 0.4) is 0 Å². The van der Waals surface area contributed by atoms with Crippen molar-refractivity contribution in [3.8, 4) is 16.9 Å². The fourth-order valence-corrected chi connectivity index (χ4v) is 4.75. The van der Waals surface area contributed by atoms with Gasteiger partial charge in [-0.2, -0.15) is 0 Å². The molecule has 0 saturated heterocycles. The Morgan fingerprint density at radius 1 is 0.781 bits per heavy atom. The molecule has 0 aromatic heterocycles. The quantitative estimate of drug-likeness (QED) is 0.318. The molecule has 1 N–H and O–H groups in total. The highest BCUT2D eigenvalue weighted by atomic mass is 79.9. The van der Waals surface area contributed by atoms with Gasteiger partial charge in [0, 0.05) is 4.47 Å². The van der Waals surface area contributed by atoms with Crippen molar-refractivity contribution in [3.63, 3.8) is 0 Å². The first-order valence-corrected chi connectivity index (χ1v) is 11.8. The number of ether oxygens (including phenoxy) is 1. The van der Waals surface area contributed by atoms with Crippen molar-refractivity contribution in [2.75, 3.05) is 0 Å². The molecule has 3 heteroatoms. The molecule has 0 heterocycles. The van der Waals surface area contributed by atoms with Gasteiger partial charge in [0.25, 0.3) is 0 Å². The zero-order valence-corrected chi connectivity index (χ0v) is 19.3. The Labute approximate surface area is 197 Å². The van der Waals surface area contributed by atoms with E-state index >= 15 is 0 Å². The van der Waals surface area contributed by atoms with Gasteiger partial charge in [0.2, 0.25) is 0 Å². The molecule has 1 aliphatic carbocycles. The second-order valence-electron chi connectivity index (χ2n) is 8.41. The van der Waals surface area contributed by atoms with Gasteiger partial charge in [-0.05, 0) is 76.4 Å². The highest BCUT2D eigenvalue weighted by Crippen LogP contribution is 2.39. The Balaban J connectivity index is 1.25. The first-order chi connectivity index (χ1) is 15.7. The average molecular weight is 485 g/mol. The molecular weight excluding hydrogens is 460 g/mol. The van der Waals surface area contributed by atoms with Crippen molar-refractivity contribution in [1.29, 1.82) is 0 Å². The number of benzene rings is 4. The third-order valence-corrected chi connectivity index (χ3v) is 6.81. The van der Waals surface area contributed by atoms with E-state index in [2.05, 4.69) is 76.6 Å². The van der Waals surface area contributed by atoms with Crippen molar-refractivity contribution in [2.45, 2.75) is 31.5 Å². The maximum absolute atomic E-state index is 10.6. The molecule has 4 aromatic rings. The predicted molar refractivity (Wildman–Crippen MR) is 133 cm³/mol. The maximum atomic E-state index is 10.6. The summed E-state index contributed by atoms with van der Waals surface area (Å²) < 4.78 is 6.99. The molecule has 160 valence electrons. The summed E-state index contributed by atoms with van der Waals surface area (Å²) in [4.78, 5) is 0. The van der Waals surface area contributed by atoms with Gasteiger partial charge in [0.1, 0.15) is 12.4 Å². The summed E-state index contributed by atoms with van der Waals surface area (Å²) in [5.74, 6) is 1.21. The van der Waals surface area contributed by atoms with Crippen molar-refractivity contribution in [1.82, 2.24) is 0 Å². The first-order valence-electron chi connectivity index (χ1n) is 11.0. The van der Waals surface area contributed by atoms with E-state index in [9.17, 15) is 5.11 Å². The SMILES string of the molecule is OC1CC(c2ccc(-c3ccc(OCc4ccc(Br)cc4)cc3)cc2)Cc2ccccc21. The fourth-order valence-electron chi connectivity index (χ4n) is 4.48. The smallest absolute Gasteiger partial charge is 0.119 e. The van der Waals surface area contributed by atoms with Gasteiger partial charge in [-0.25, -0.2) is 0 Å². The number of aliphatic hydroxyl groups is 1. The topological polar surface area (TPSA) is 29.5 Å². The van der Waals surface area contributed by atoms with E-state index in [1.165, 1.54) is 22.3 Å². The van der Waals surface area contributed by atoms with Gasteiger partial charge in [0.15, 0.2) is 0 Å². The fraction of sp³-hybridized carbons (Fsp3) is 0.172. The minimum absolute atomic E-state index is 0.350. The first kappa shape index (κ1) is 21.0. The lowest BCUT2D eigenvalue weighted by molar-refractivity contribution is 0.147. The molecule has 0 fully saturated rings. The predicted octanol–water partition coefficient (Wildman–Crippen LogP) is 7.46. The number of hydrogen-bond acceptors (Lipinski definition) is 2. The maximum Gasteiger partial charge on any atom is 0.119 e. The minimum atomic E-state index is -0.380. The Hall–Kier alpha value is -2.88. The number of halogens is 1. The van der Waals surface area contributed by atoms with Gasteiger partial charge in [0.05, 0.1) is 6.10 Å². The van der Waals surface area contributed by atoms with E-state index in [0.29, 0.717) is 12.5 Å². The molecule has 1 aliphatic rings. The van der Waals surface area contributed by atoms with E-state index in [4.69, 9.17) is 4.74 Å². The minimum Gasteiger partial charge on any atom is -0.489 e. The van der Waals surface area contributed by atoms with Crippen LogP contribution in [-0.2, 0) is 13.0 Å². The second kappa shape index (κ2) is 9.32. The van der Waals surface area contributed by atoms with Crippen molar-refractivity contribution in [3.05, 3.63) is 124 Å². The van der Waals surface area contributed by atoms with Gasteiger partial charge in [-0.3, -0.25) is 0 Å². The molecule has 2 atom stereocenters. The number of rotatable bonds is 5. The van der Waals surface area contributed by atoms with Crippen LogP contribution < -0.4 is 4.74 Å². The molecular formula is C29H25BrO2. The van der Waals surface area contributed by atoms with E-state index < -0.39 is 0 Å². The van der Waals surface area contributed by atoms with Gasteiger partial charge >= 0.3 is 0 Å².